The van der Waals surface area contributed by atoms with Crippen LogP contribution in [-0.2, 0) is 0 Å². The molecular formula is C17H21NO. The number of hydrogen-bond acceptors (Lipinski definition) is 2. The molecule has 0 heterocycles. The normalized spacial score (nSPS) is 14.1. The topological polar surface area (TPSA) is 32.3 Å². The Balaban J connectivity index is 2.08. The summed E-state index contributed by atoms with van der Waals surface area (Å²) in [5, 5.41) is 12.9. The third kappa shape index (κ3) is 3.36. The van der Waals surface area contributed by atoms with Crippen LogP contribution in [0.5, 0.6) is 5.75 Å². The molecular weight excluding hydrogens is 234 g/mol. The first-order chi connectivity index (χ1) is 9.08. The highest BCUT2D eigenvalue weighted by Gasteiger charge is 2.12. The Morgan fingerprint density at radius 2 is 1.53 bits per heavy atom. The summed E-state index contributed by atoms with van der Waals surface area (Å²) in [5.41, 5.74) is 3.81. The maximum atomic E-state index is 9.31. The third-order valence-electron chi connectivity index (χ3n) is 3.55. The predicted octanol–water partition coefficient (Wildman–Crippen LogP) is 4.11. The van der Waals surface area contributed by atoms with E-state index in [1.165, 1.54) is 16.7 Å². The Morgan fingerprint density at radius 3 is 2.16 bits per heavy atom. The Bertz CT molecular complexity index is 533. The fraction of sp³-hybridized carbons (Fsp3) is 0.294. The molecule has 2 atom stereocenters. The molecule has 2 rings (SSSR count). The Labute approximate surface area is 115 Å². The largest absolute Gasteiger partial charge is 0.508 e. The highest BCUT2D eigenvalue weighted by Crippen LogP contribution is 2.22. The number of hydrogen-bond donors (Lipinski definition) is 2. The maximum absolute atomic E-state index is 9.31. The predicted molar refractivity (Wildman–Crippen MR) is 79.3 cm³/mol. The molecule has 0 fully saturated rings. The van der Waals surface area contributed by atoms with E-state index in [1.807, 2.05) is 12.1 Å². The summed E-state index contributed by atoms with van der Waals surface area (Å²) in [5.74, 6) is 0.308. The molecule has 2 aromatic carbocycles. The van der Waals surface area contributed by atoms with Crippen LogP contribution < -0.4 is 5.32 Å². The van der Waals surface area contributed by atoms with Crippen LogP contribution in [0.2, 0.25) is 0 Å². The van der Waals surface area contributed by atoms with E-state index in [-0.39, 0.29) is 6.04 Å². The molecule has 0 aliphatic heterocycles. The van der Waals surface area contributed by atoms with Gasteiger partial charge in [-0.05, 0) is 49.6 Å². The van der Waals surface area contributed by atoms with Crippen LogP contribution in [0.25, 0.3) is 0 Å². The van der Waals surface area contributed by atoms with Crippen molar-refractivity contribution in [3.05, 3.63) is 65.2 Å². The van der Waals surface area contributed by atoms with Gasteiger partial charge in [0.25, 0.3) is 0 Å². The number of aromatic hydroxyl groups is 1. The average Bonchev–Trinajstić information content (AvgIpc) is 2.39. The van der Waals surface area contributed by atoms with Crippen LogP contribution in [-0.4, -0.2) is 5.11 Å². The van der Waals surface area contributed by atoms with Crippen molar-refractivity contribution in [2.24, 2.45) is 0 Å². The molecule has 0 spiro atoms. The standard InChI is InChI=1S/C17H21NO/c1-12-6-4-5-7-17(12)14(3)18-13(2)15-8-10-16(19)11-9-15/h4-11,13-14,18-19H,1-3H3/t13?,14-/m1/s1. The van der Waals surface area contributed by atoms with Crippen molar-refractivity contribution < 1.29 is 5.11 Å². The second-order valence-electron chi connectivity index (χ2n) is 5.06. The van der Waals surface area contributed by atoms with E-state index in [9.17, 15) is 5.11 Å². The van der Waals surface area contributed by atoms with Gasteiger partial charge >= 0.3 is 0 Å². The average molecular weight is 255 g/mol. The van der Waals surface area contributed by atoms with E-state index in [0.29, 0.717) is 11.8 Å². The van der Waals surface area contributed by atoms with Crippen LogP contribution in [0.1, 0.15) is 42.6 Å². The molecule has 2 nitrogen and oxygen atoms in total. The number of phenols is 1. The highest BCUT2D eigenvalue weighted by atomic mass is 16.3. The molecule has 2 aromatic rings. The third-order valence-corrected chi connectivity index (χ3v) is 3.55. The number of aryl methyl sites for hydroxylation is 1. The molecule has 0 bridgehead atoms. The Hall–Kier alpha value is -1.80. The van der Waals surface area contributed by atoms with Crippen molar-refractivity contribution in [2.45, 2.75) is 32.9 Å². The maximum Gasteiger partial charge on any atom is 0.115 e. The lowest BCUT2D eigenvalue weighted by Gasteiger charge is -2.22. The first kappa shape index (κ1) is 13.6. The minimum Gasteiger partial charge on any atom is -0.508 e. The first-order valence-electron chi connectivity index (χ1n) is 6.68. The van der Waals surface area contributed by atoms with Crippen LogP contribution >= 0.6 is 0 Å². The molecule has 0 aromatic heterocycles. The number of nitrogens with one attached hydrogen (secondary N) is 1. The van der Waals surface area contributed by atoms with Crippen molar-refractivity contribution in [2.75, 3.05) is 0 Å². The second kappa shape index (κ2) is 5.89. The summed E-state index contributed by atoms with van der Waals surface area (Å²) < 4.78 is 0. The molecule has 2 N–H and O–H groups in total. The number of benzene rings is 2. The van der Waals surface area contributed by atoms with Gasteiger partial charge in [-0.2, -0.15) is 0 Å². The van der Waals surface area contributed by atoms with E-state index < -0.39 is 0 Å². The molecule has 1 unspecified atom stereocenters. The van der Waals surface area contributed by atoms with Crippen molar-refractivity contribution in [3.8, 4) is 5.75 Å². The monoisotopic (exact) mass is 255 g/mol. The molecule has 0 aliphatic rings. The lowest BCUT2D eigenvalue weighted by Crippen LogP contribution is -2.23. The molecule has 19 heavy (non-hydrogen) atoms. The van der Waals surface area contributed by atoms with Crippen molar-refractivity contribution in [3.63, 3.8) is 0 Å². The van der Waals surface area contributed by atoms with Gasteiger partial charge in [0.15, 0.2) is 0 Å². The zero-order valence-electron chi connectivity index (χ0n) is 11.7. The summed E-state index contributed by atoms with van der Waals surface area (Å²) in [4.78, 5) is 0. The smallest absolute Gasteiger partial charge is 0.115 e. The minimum atomic E-state index is 0.246. The quantitative estimate of drug-likeness (QED) is 0.861. The zero-order chi connectivity index (χ0) is 13.8. The zero-order valence-corrected chi connectivity index (χ0v) is 11.7. The van der Waals surface area contributed by atoms with Crippen LogP contribution in [0.15, 0.2) is 48.5 Å². The van der Waals surface area contributed by atoms with Crippen molar-refractivity contribution in [1.82, 2.24) is 5.32 Å². The van der Waals surface area contributed by atoms with Crippen LogP contribution in [0.4, 0.5) is 0 Å². The van der Waals surface area contributed by atoms with Crippen molar-refractivity contribution >= 4 is 0 Å². The van der Waals surface area contributed by atoms with E-state index in [4.69, 9.17) is 0 Å². The van der Waals surface area contributed by atoms with E-state index in [0.717, 1.165) is 0 Å². The summed E-state index contributed by atoms with van der Waals surface area (Å²) in [7, 11) is 0. The lowest BCUT2D eigenvalue weighted by molar-refractivity contribution is 0.472. The van der Waals surface area contributed by atoms with Gasteiger partial charge in [-0.25, -0.2) is 0 Å². The van der Waals surface area contributed by atoms with E-state index >= 15 is 0 Å². The minimum absolute atomic E-state index is 0.246. The van der Waals surface area contributed by atoms with Gasteiger partial charge in [0.2, 0.25) is 0 Å². The number of phenolic OH excluding ortho intramolecular Hbond substituents is 1. The van der Waals surface area contributed by atoms with Gasteiger partial charge in [-0.15, -0.1) is 0 Å². The van der Waals surface area contributed by atoms with E-state index in [1.54, 1.807) is 12.1 Å². The summed E-state index contributed by atoms with van der Waals surface area (Å²) in [6.45, 7) is 6.46. The first-order valence-corrected chi connectivity index (χ1v) is 6.68. The Morgan fingerprint density at radius 1 is 0.895 bits per heavy atom. The van der Waals surface area contributed by atoms with Crippen LogP contribution in [0, 0.1) is 6.92 Å². The molecule has 0 aliphatic carbocycles. The molecule has 0 saturated heterocycles. The molecule has 0 saturated carbocycles. The molecule has 0 amide bonds. The fourth-order valence-corrected chi connectivity index (χ4v) is 2.40. The van der Waals surface area contributed by atoms with Gasteiger partial charge in [-0.1, -0.05) is 36.4 Å². The lowest BCUT2D eigenvalue weighted by atomic mass is 10.0. The van der Waals surface area contributed by atoms with Crippen LogP contribution in [0.3, 0.4) is 0 Å². The van der Waals surface area contributed by atoms with Gasteiger partial charge < -0.3 is 10.4 Å². The SMILES string of the molecule is Cc1ccccc1[C@@H](C)NC(C)c1ccc(O)cc1. The fourth-order valence-electron chi connectivity index (χ4n) is 2.40. The molecule has 0 radical (unpaired) electrons. The number of rotatable bonds is 4. The van der Waals surface area contributed by atoms with Crippen molar-refractivity contribution in [1.29, 1.82) is 0 Å². The highest BCUT2D eigenvalue weighted by molar-refractivity contribution is 5.30. The second-order valence-corrected chi connectivity index (χ2v) is 5.06. The van der Waals surface area contributed by atoms with Gasteiger partial charge in [0.05, 0.1) is 0 Å². The summed E-state index contributed by atoms with van der Waals surface area (Å²) in [6, 6.07) is 16.4. The Kier molecular flexibility index (Phi) is 4.23. The molecule has 100 valence electrons. The van der Waals surface area contributed by atoms with Gasteiger partial charge in [0.1, 0.15) is 5.75 Å². The summed E-state index contributed by atoms with van der Waals surface area (Å²) >= 11 is 0. The van der Waals surface area contributed by atoms with Gasteiger partial charge in [0, 0.05) is 12.1 Å². The van der Waals surface area contributed by atoms with E-state index in [2.05, 4.69) is 50.4 Å². The molecule has 2 heteroatoms. The summed E-state index contributed by atoms with van der Waals surface area (Å²) in [6.07, 6.45) is 0. The van der Waals surface area contributed by atoms with Gasteiger partial charge in [-0.3, -0.25) is 0 Å².